The fraction of sp³-hybridized carbons (Fsp3) is 0.594. The van der Waals surface area contributed by atoms with Crippen LogP contribution in [0.3, 0.4) is 0 Å². The highest BCUT2D eigenvalue weighted by Gasteiger charge is 2.24. The van der Waals surface area contributed by atoms with Gasteiger partial charge in [-0.1, -0.05) is 128 Å². The third-order valence-electron chi connectivity index (χ3n) is 7.43. The number of unbranched alkanes of at least 4 members (excludes halogenated alkanes) is 15. The first-order chi connectivity index (χ1) is 17.2. The monoisotopic (exact) mass is 478 g/mol. The fourth-order valence-corrected chi connectivity index (χ4v) is 5.35. The van der Waals surface area contributed by atoms with Gasteiger partial charge in [-0.3, -0.25) is 0 Å². The number of carboxylic acids is 1. The summed E-state index contributed by atoms with van der Waals surface area (Å²) in [5, 5.41) is 9.95. The van der Waals surface area contributed by atoms with Crippen molar-refractivity contribution in [2.45, 2.75) is 122 Å². The molecule has 1 N–H and O–H groups in total. The molecule has 2 aromatic carbocycles. The molecular formula is C32H46O3. The van der Waals surface area contributed by atoms with E-state index in [1.165, 1.54) is 96.3 Å². The smallest absolute Gasteiger partial charge is 0.336 e. The van der Waals surface area contributed by atoms with Crippen LogP contribution in [0.25, 0.3) is 0 Å². The Morgan fingerprint density at radius 1 is 0.714 bits per heavy atom. The second-order valence-corrected chi connectivity index (χ2v) is 10.3. The van der Waals surface area contributed by atoms with Crippen LogP contribution in [0.1, 0.15) is 137 Å². The number of para-hydroxylation sites is 1. The Morgan fingerprint density at radius 3 is 1.83 bits per heavy atom. The lowest BCUT2D eigenvalue weighted by atomic mass is 9.90. The van der Waals surface area contributed by atoms with Crippen LogP contribution in [0.2, 0.25) is 0 Å². The average molecular weight is 479 g/mol. The highest BCUT2D eigenvalue weighted by Crippen LogP contribution is 2.39. The van der Waals surface area contributed by atoms with Gasteiger partial charge in [0.05, 0.1) is 5.56 Å². The van der Waals surface area contributed by atoms with Crippen molar-refractivity contribution >= 4 is 5.97 Å². The summed E-state index contributed by atoms with van der Waals surface area (Å²) in [7, 11) is 0. The van der Waals surface area contributed by atoms with Gasteiger partial charge in [0.2, 0.25) is 0 Å². The molecule has 0 radical (unpaired) electrons. The second-order valence-electron chi connectivity index (χ2n) is 10.3. The van der Waals surface area contributed by atoms with Gasteiger partial charge in [0.15, 0.2) is 0 Å². The maximum absolute atomic E-state index is 12.1. The maximum atomic E-state index is 12.1. The Kier molecular flexibility index (Phi) is 12.2. The van der Waals surface area contributed by atoms with Crippen LogP contribution < -0.4 is 4.74 Å². The molecule has 0 fully saturated rings. The van der Waals surface area contributed by atoms with Crippen molar-refractivity contribution in [2.75, 3.05) is 0 Å². The van der Waals surface area contributed by atoms with Crippen molar-refractivity contribution < 1.29 is 14.6 Å². The molecular weight excluding hydrogens is 432 g/mol. The van der Waals surface area contributed by atoms with Crippen molar-refractivity contribution in [1.82, 2.24) is 0 Å². The van der Waals surface area contributed by atoms with E-state index in [1.807, 2.05) is 36.4 Å². The van der Waals surface area contributed by atoms with Crippen LogP contribution in [0.5, 0.6) is 11.5 Å². The zero-order chi connectivity index (χ0) is 24.7. The molecule has 0 unspecified atom stereocenters. The van der Waals surface area contributed by atoms with Crippen molar-refractivity contribution in [3.8, 4) is 11.5 Å². The van der Waals surface area contributed by atoms with Crippen molar-refractivity contribution in [3.05, 3.63) is 58.7 Å². The van der Waals surface area contributed by atoms with Crippen LogP contribution >= 0.6 is 0 Å². The van der Waals surface area contributed by atoms with E-state index in [9.17, 15) is 9.90 Å². The summed E-state index contributed by atoms with van der Waals surface area (Å²) in [6.45, 7) is 2.28. The molecule has 1 aliphatic rings. The first kappa shape index (κ1) is 27.3. The van der Waals surface area contributed by atoms with Crippen molar-refractivity contribution in [2.24, 2.45) is 0 Å². The summed E-state index contributed by atoms with van der Waals surface area (Å²) < 4.78 is 5.99. The van der Waals surface area contributed by atoms with E-state index >= 15 is 0 Å². The zero-order valence-electron chi connectivity index (χ0n) is 22.0. The highest BCUT2D eigenvalue weighted by molar-refractivity contribution is 5.92. The van der Waals surface area contributed by atoms with E-state index in [2.05, 4.69) is 6.92 Å². The first-order valence-electron chi connectivity index (χ1n) is 14.3. The minimum Gasteiger partial charge on any atom is -0.478 e. The summed E-state index contributed by atoms with van der Waals surface area (Å²) >= 11 is 0. The Hall–Kier alpha value is -2.29. The minimum absolute atomic E-state index is 0.456. The predicted molar refractivity (Wildman–Crippen MR) is 146 cm³/mol. The molecule has 1 heterocycles. The third-order valence-corrected chi connectivity index (χ3v) is 7.43. The summed E-state index contributed by atoms with van der Waals surface area (Å²) in [4.78, 5) is 12.1. The molecule has 0 saturated heterocycles. The summed E-state index contributed by atoms with van der Waals surface area (Å²) in [6.07, 6.45) is 23.0. The molecule has 35 heavy (non-hydrogen) atoms. The molecule has 192 valence electrons. The van der Waals surface area contributed by atoms with E-state index in [1.54, 1.807) is 0 Å². The first-order valence-corrected chi connectivity index (χ1v) is 14.3. The maximum Gasteiger partial charge on any atom is 0.336 e. The quantitative estimate of drug-likeness (QED) is 0.185. The SMILES string of the molecule is CCCCCCCCCCCCCCCCCCc1ccc2c(c1C(=O)O)Cc1ccccc1O2. The molecule has 0 aliphatic carbocycles. The van der Waals surface area contributed by atoms with Gasteiger partial charge >= 0.3 is 5.97 Å². The number of hydrogen-bond donors (Lipinski definition) is 1. The summed E-state index contributed by atoms with van der Waals surface area (Å²) in [6, 6.07) is 11.8. The lowest BCUT2D eigenvalue weighted by molar-refractivity contribution is 0.0694. The summed E-state index contributed by atoms with van der Waals surface area (Å²) in [5.74, 6) is 0.690. The van der Waals surface area contributed by atoms with Gasteiger partial charge in [-0.2, -0.15) is 0 Å². The van der Waals surface area contributed by atoms with Gasteiger partial charge in [-0.05, 0) is 36.1 Å². The Morgan fingerprint density at radius 2 is 1.26 bits per heavy atom. The van der Waals surface area contributed by atoms with E-state index in [-0.39, 0.29) is 0 Å². The Labute approximate surface area is 213 Å². The van der Waals surface area contributed by atoms with Gasteiger partial charge in [0.25, 0.3) is 0 Å². The molecule has 0 atom stereocenters. The van der Waals surface area contributed by atoms with Crippen LogP contribution in [0.15, 0.2) is 36.4 Å². The molecule has 0 bridgehead atoms. The largest absolute Gasteiger partial charge is 0.478 e. The van der Waals surface area contributed by atoms with Gasteiger partial charge in [-0.15, -0.1) is 0 Å². The second kappa shape index (κ2) is 15.7. The molecule has 2 aromatic rings. The van der Waals surface area contributed by atoms with E-state index in [0.29, 0.717) is 17.7 Å². The lowest BCUT2D eigenvalue weighted by Gasteiger charge is -2.23. The third kappa shape index (κ3) is 9.02. The molecule has 3 nitrogen and oxygen atoms in total. The van der Waals surface area contributed by atoms with Crippen molar-refractivity contribution in [1.29, 1.82) is 0 Å². The highest BCUT2D eigenvalue weighted by atomic mass is 16.5. The number of aryl methyl sites for hydroxylation is 1. The van der Waals surface area contributed by atoms with Crippen molar-refractivity contribution in [3.63, 3.8) is 0 Å². The number of hydrogen-bond acceptors (Lipinski definition) is 2. The zero-order valence-corrected chi connectivity index (χ0v) is 22.0. The number of carboxylic acid groups (broad SMARTS) is 1. The summed E-state index contributed by atoms with van der Waals surface area (Å²) in [5.41, 5.74) is 3.29. The van der Waals surface area contributed by atoms with E-state index in [0.717, 1.165) is 35.3 Å². The lowest BCUT2D eigenvalue weighted by Crippen LogP contribution is -2.12. The molecule has 1 aliphatic heterocycles. The standard InChI is InChI=1S/C32H46O3/c1-2-3-4-5-6-7-8-9-10-11-12-13-14-15-16-17-20-26-23-24-30-28(31(26)32(33)34)25-27-21-18-19-22-29(27)35-30/h18-19,21-24H,2-17,20,25H2,1H3,(H,33,34). The topological polar surface area (TPSA) is 46.5 Å². The number of benzene rings is 2. The van der Waals surface area contributed by atoms with Gasteiger partial charge in [-0.25, -0.2) is 4.79 Å². The number of aromatic carboxylic acids is 1. The van der Waals surface area contributed by atoms with Crippen LogP contribution in [0, 0.1) is 0 Å². The average Bonchev–Trinajstić information content (AvgIpc) is 2.86. The van der Waals surface area contributed by atoms with E-state index in [4.69, 9.17) is 4.74 Å². The molecule has 3 heteroatoms. The number of fused-ring (bicyclic) bond motifs is 2. The number of ether oxygens (including phenoxy) is 1. The number of carbonyl (C=O) groups is 1. The molecule has 0 aromatic heterocycles. The van der Waals surface area contributed by atoms with Gasteiger partial charge < -0.3 is 9.84 Å². The Bertz CT molecular complexity index is 902. The van der Waals surface area contributed by atoms with Crippen LogP contribution in [-0.4, -0.2) is 11.1 Å². The molecule has 0 amide bonds. The normalized spacial score (nSPS) is 12.1. The van der Waals surface area contributed by atoms with Gasteiger partial charge in [0.1, 0.15) is 11.5 Å². The molecule has 0 saturated carbocycles. The number of rotatable bonds is 18. The fourth-order valence-electron chi connectivity index (χ4n) is 5.35. The molecule has 0 spiro atoms. The minimum atomic E-state index is -0.837. The van der Waals surface area contributed by atoms with Crippen LogP contribution in [-0.2, 0) is 12.8 Å². The van der Waals surface area contributed by atoms with E-state index < -0.39 is 5.97 Å². The van der Waals surface area contributed by atoms with Crippen LogP contribution in [0.4, 0.5) is 0 Å². The molecule has 3 rings (SSSR count). The van der Waals surface area contributed by atoms with Gasteiger partial charge in [0, 0.05) is 12.0 Å². The predicted octanol–water partition coefficient (Wildman–Crippen LogP) is 9.89. The Balaban J connectivity index is 1.27.